The molecule has 90 valence electrons. The zero-order chi connectivity index (χ0) is 13.1. The second kappa shape index (κ2) is 4.76. The average molecular weight is 243 g/mol. The van der Waals surface area contributed by atoms with Crippen molar-refractivity contribution in [3.63, 3.8) is 0 Å². The molecule has 0 fully saturated rings. The summed E-state index contributed by atoms with van der Waals surface area (Å²) in [5.74, 6) is -0.242. The molecule has 0 radical (unpaired) electrons. The molecule has 0 saturated carbocycles. The van der Waals surface area contributed by atoms with Gasteiger partial charge < -0.3 is 9.84 Å². The molecule has 18 heavy (non-hydrogen) atoms. The number of nitrogens with zero attached hydrogens (tertiary/aromatic N) is 1. The Hall–Kier alpha value is -2.54. The SMILES string of the molecule is COc1ccc(C#N)cc1-c1ccc(O)cc1F. The number of halogens is 1. The summed E-state index contributed by atoms with van der Waals surface area (Å²) in [6.07, 6.45) is 0. The number of rotatable bonds is 2. The molecule has 3 nitrogen and oxygen atoms in total. The van der Waals surface area contributed by atoms with Crippen LogP contribution in [0.3, 0.4) is 0 Å². The highest BCUT2D eigenvalue weighted by Gasteiger charge is 2.12. The summed E-state index contributed by atoms with van der Waals surface area (Å²) in [6, 6.07) is 10.6. The molecule has 0 aliphatic heterocycles. The van der Waals surface area contributed by atoms with Crippen molar-refractivity contribution in [2.45, 2.75) is 0 Å². The molecule has 0 atom stereocenters. The van der Waals surface area contributed by atoms with Gasteiger partial charge in [0.25, 0.3) is 0 Å². The Balaban J connectivity index is 2.65. The molecule has 0 aliphatic rings. The normalized spacial score (nSPS) is 9.83. The van der Waals surface area contributed by atoms with E-state index in [4.69, 9.17) is 10.00 Å². The second-order valence-electron chi connectivity index (χ2n) is 3.69. The topological polar surface area (TPSA) is 53.2 Å². The molecule has 1 N–H and O–H groups in total. The van der Waals surface area contributed by atoms with Crippen molar-refractivity contribution in [3.05, 3.63) is 47.8 Å². The highest BCUT2D eigenvalue weighted by Crippen LogP contribution is 2.33. The summed E-state index contributed by atoms with van der Waals surface area (Å²) in [6.45, 7) is 0. The molecule has 0 amide bonds. The second-order valence-corrected chi connectivity index (χ2v) is 3.69. The Morgan fingerprint density at radius 1 is 1.17 bits per heavy atom. The molecule has 0 aromatic heterocycles. The van der Waals surface area contributed by atoms with Crippen LogP contribution in [0.2, 0.25) is 0 Å². The molecule has 0 spiro atoms. The van der Waals surface area contributed by atoms with Crippen LogP contribution in [-0.4, -0.2) is 12.2 Å². The fourth-order valence-corrected chi connectivity index (χ4v) is 1.71. The summed E-state index contributed by atoms with van der Waals surface area (Å²) in [4.78, 5) is 0. The predicted octanol–water partition coefficient (Wildman–Crippen LogP) is 3.08. The number of phenols is 1. The van der Waals surface area contributed by atoms with Gasteiger partial charge in [-0.3, -0.25) is 0 Å². The fraction of sp³-hybridized carbons (Fsp3) is 0.0714. The summed E-state index contributed by atoms with van der Waals surface area (Å²) in [5, 5.41) is 18.0. The van der Waals surface area contributed by atoms with Crippen LogP contribution in [0.25, 0.3) is 11.1 Å². The first-order valence-electron chi connectivity index (χ1n) is 5.22. The molecule has 4 heteroatoms. The van der Waals surface area contributed by atoms with Gasteiger partial charge in [-0.2, -0.15) is 5.26 Å². The molecule has 0 unspecified atom stereocenters. The average Bonchev–Trinajstić information content (AvgIpc) is 2.38. The maximum atomic E-state index is 13.8. The Labute approximate surface area is 104 Å². The molecular weight excluding hydrogens is 233 g/mol. The number of methoxy groups -OCH3 is 1. The van der Waals surface area contributed by atoms with E-state index in [1.165, 1.54) is 19.2 Å². The smallest absolute Gasteiger partial charge is 0.134 e. The lowest BCUT2D eigenvalue weighted by molar-refractivity contribution is 0.416. The molecule has 0 bridgehead atoms. The first-order valence-corrected chi connectivity index (χ1v) is 5.22. The van der Waals surface area contributed by atoms with Crippen molar-refractivity contribution >= 4 is 0 Å². The fourth-order valence-electron chi connectivity index (χ4n) is 1.71. The summed E-state index contributed by atoms with van der Waals surface area (Å²) < 4.78 is 18.9. The van der Waals surface area contributed by atoms with Gasteiger partial charge in [0.05, 0.1) is 18.7 Å². The lowest BCUT2D eigenvalue weighted by atomic mass is 10.0. The van der Waals surface area contributed by atoms with E-state index in [-0.39, 0.29) is 11.3 Å². The maximum Gasteiger partial charge on any atom is 0.134 e. The Morgan fingerprint density at radius 2 is 1.94 bits per heavy atom. The van der Waals surface area contributed by atoms with Gasteiger partial charge in [-0.25, -0.2) is 4.39 Å². The van der Waals surface area contributed by atoms with Gasteiger partial charge in [0, 0.05) is 17.2 Å². The minimum Gasteiger partial charge on any atom is -0.508 e. The molecular formula is C14H10FNO2. The Bertz CT molecular complexity index is 632. The number of benzene rings is 2. The molecule has 2 aromatic rings. The Morgan fingerprint density at radius 3 is 2.56 bits per heavy atom. The third-order valence-electron chi connectivity index (χ3n) is 2.57. The lowest BCUT2D eigenvalue weighted by Crippen LogP contribution is -1.91. The molecule has 0 heterocycles. The maximum absolute atomic E-state index is 13.8. The predicted molar refractivity (Wildman–Crippen MR) is 64.8 cm³/mol. The van der Waals surface area contributed by atoms with E-state index in [0.29, 0.717) is 16.9 Å². The number of aromatic hydroxyl groups is 1. The number of nitriles is 1. The van der Waals surface area contributed by atoms with Gasteiger partial charge in [0.15, 0.2) is 0 Å². The van der Waals surface area contributed by atoms with Crippen molar-refractivity contribution in [2.75, 3.05) is 7.11 Å². The van der Waals surface area contributed by atoms with Gasteiger partial charge in [-0.05, 0) is 30.3 Å². The summed E-state index contributed by atoms with van der Waals surface area (Å²) in [5.41, 5.74) is 1.18. The summed E-state index contributed by atoms with van der Waals surface area (Å²) in [7, 11) is 1.48. The van der Waals surface area contributed by atoms with E-state index in [9.17, 15) is 9.50 Å². The van der Waals surface area contributed by atoms with Crippen LogP contribution >= 0.6 is 0 Å². The minimum absolute atomic E-state index is 0.147. The van der Waals surface area contributed by atoms with E-state index in [1.54, 1.807) is 18.2 Å². The van der Waals surface area contributed by atoms with Gasteiger partial charge in [0.1, 0.15) is 17.3 Å². The number of hydrogen-bond acceptors (Lipinski definition) is 3. The van der Waals surface area contributed by atoms with E-state index >= 15 is 0 Å². The van der Waals surface area contributed by atoms with Gasteiger partial charge in [0.2, 0.25) is 0 Å². The largest absolute Gasteiger partial charge is 0.508 e. The highest BCUT2D eigenvalue weighted by molar-refractivity contribution is 5.73. The van der Waals surface area contributed by atoms with E-state index in [2.05, 4.69) is 0 Å². The van der Waals surface area contributed by atoms with Crippen LogP contribution in [0.4, 0.5) is 4.39 Å². The van der Waals surface area contributed by atoms with Crippen LogP contribution in [-0.2, 0) is 0 Å². The quantitative estimate of drug-likeness (QED) is 0.881. The number of ether oxygens (including phenoxy) is 1. The minimum atomic E-state index is -0.566. The van der Waals surface area contributed by atoms with Gasteiger partial charge >= 0.3 is 0 Å². The third-order valence-corrected chi connectivity index (χ3v) is 2.57. The number of phenolic OH excluding ortho intramolecular Hbond substituents is 1. The van der Waals surface area contributed by atoms with Crippen LogP contribution in [0.5, 0.6) is 11.5 Å². The van der Waals surface area contributed by atoms with Gasteiger partial charge in [-0.1, -0.05) is 0 Å². The molecule has 0 saturated heterocycles. The highest BCUT2D eigenvalue weighted by atomic mass is 19.1. The van der Waals surface area contributed by atoms with Crippen molar-refractivity contribution in [2.24, 2.45) is 0 Å². The van der Waals surface area contributed by atoms with E-state index < -0.39 is 5.82 Å². The zero-order valence-electron chi connectivity index (χ0n) is 9.64. The van der Waals surface area contributed by atoms with Crippen LogP contribution in [0.1, 0.15) is 5.56 Å². The third kappa shape index (κ3) is 2.11. The van der Waals surface area contributed by atoms with E-state index in [0.717, 1.165) is 6.07 Å². The first-order chi connectivity index (χ1) is 8.65. The van der Waals surface area contributed by atoms with Crippen molar-refractivity contribution in [1.82, 2.24) is 0 Å². The van der Waals surface area contributed by atoms with Crippen LogP contribution in [0.15, 0.2) is 36.4 Å². The van der Waals surface area contributed by atoms with E-state index in [1.807, 2.05) is 6.07 Å². The van der Waals surface area contributed by atoms with Crippen molar-refractivity contribution in [1.29, 1.82) is 5.26 Å². The number of hydrogen-bond donors (Lipinski definition) is 1. The van der Waals surface area contributed by atoms with Crippen LogP contribution < -0.4 is 4.74 Å². The van der Waals surface area contributed by atoms with Crippen LogP contribution in [0, 0.1) is 17.1 Å². The van der Waals surface area contributed by atoms with Gasteiger partial charge in [-0.15, -0.1) is 0 Å². The monoisotopic (exact) mass is 243 g/mol. The van der Waals surface area contributed by atoms with Crippen molar-refractivity contribution < 1.29 is 14.2 Å². The lowest BCUT2D eigenvalue weighted by Gasteiger charge is -2.10. The zero-order valence-corrected chi connectivity index (χ0v) is 9.64. The molecule has 2 aromatic carbocycles. The first kappa shape index (κ1) is 11.9. The summed E-state index contributed by atoms with van der Waals surface area (Å²) >= 11 is 0. The van der Waals surface area contributed by atoms with Crippen molar-refractivity contribution in [3.8, 4) is 28.7 Å². The molecule has 2 rings (SSSR count). The molecule has 0 aliphatic carbocycles. The Kier molecular flexibility index (Phi) is 3.16. The standard InChI is InChI=1S/C14H10FNO2/c1-18-14-5-2-9(8-16)6-12(14)11-4-3-10(17)7-13(11)15/h2-7,17H,1H3.